The molecule has 0 aliphatic rings. The van der Waals surface area contributed by atoms with Gasteiger partial charge in [0, 0.05) is 25.5 Å². The second kappa shape index (κ2) is 8.00. The van der Waals surface area contributed by atoms with Crippen molar-refractivity contribution in [3.8, 4) is 11.4 Å². The molecule has 2 aromatic heterocycles. The van der Waals surface area contributed by atoms with E-state index in [1.165, 1.54) is 0 Å². The lowest BCUT2D eigenvalue weighted by atomic mass is 10.1. The highest BCUT2D eigenvalue weighted by Crippen LogP contribution is 2.22. The van der Waals surface area contributed by atoms with E-state index in [1.807, 2.05) is 54.2 Å². The van der Waals surface area contributed by atoms with E-state index >= 15 is 0 Å². The number of rotatable bonds is 7. The lowest BCUT2D eigenvalue weighted by Gasteiger charge is -2.21. The maximum absolute atomic E-state index is 5.70. The first-order chi connectivity index (χ1) is 13.7. The third kappa shape index (κ3) is 4.06. The van der Waals surface area contributed by atoms with E-state index in [4.69, 9.17) is 9.15 Å². The maximum Gasteiger partial charge on any atom is 0.298 e. The van der Waals surface area contributed by atoms with Gasteiger partial charge in [0.05, 0.1) is 18.5 Å². The molecular weight excluding hydrogens is 352 g/mol. The monoisotopic (exact) mass is 374 g/mol. The number of aromatic nitrogens is 3. The molecule has 0 fully saturated rings. The molecule has 2 aromatic carbocycles. The van der Waals surface area contributed by atoms with Crippen LogP contribution >= 0.6 is 0 Å². The van der Waals surface area contributed by atoms with Crippen molar-refractivity contribution < 1.29 is 9.15 Å². The Morgan fingerprint density at radius 3 is 2.50 bits per heavy atom. The van der Waals surface area contributed by atoms with Crippen LogP contribution < -0.4 is 9.64 Å². The minimum Gasteiger partial charge on any atom is -0.497 e. The number of oxazole rings is 1. The Morgan fingerprint density at radius 2 is 1.82 bits per heavy atom. The Balaban J connectivity index is 1.62. The molecule has 0 aliphatic heterocycles. The fraction of sp³-hybridized carbons (Fsp3) is 0.182. The Labute approximate surface area is 164 Å². The minimum atomic E-state index is 0.602. The summed E-state index contributed by atoms with van der Waals surface area (Å²) in [5.74, 6) is 0.835. The number of ether oxygens (including phenoxy) is 1. The molecule has 4 aromatic rings. The van der Waals surface area contributed by atoms with Crippen LogP contribution in [0.25, 0.3) is 5.69 Å². The lowest BCUT2D eigenvalue weighted by Crippen LogP contribution is -2.22. The molecule has 0 radical (unpaired) electrons. The van der Waals surface area contributed by atoms with E-state index in [2.05, 4.69) is 33.2 Å². The molecule has 4 rings (SSSR count). The zero-order valence-corrected chi connectivity index (χ0v) is 15.9. The van der Waals surface area contributed by atoms with Crippen molar-refractivity contribution in [2.24, 2.45) is 0 Å². The van der Waals surface area contributed by atoms with Gasteiger partial charge in [-0.1, -0.05) is 24.3 Å². The molecule has 28 heavy (non-hydrogen) atoms. The highest BCUT2D eigenvalue weighted by Gasteiger charge is 2.15. The summed E-state index contributed by atoms with van der Waals surface area (Å²) in [6.45, 7) is 3.24. The maximum atomic E-state index is 5.70. The highest BCUT2D eigenvalue weighted by molar-refractivity contribution is 5.39. The fourth-order valence-corrected chi connectivity index (χ4v) is 3.11. The van der Waals surface area contributed by atoms with Gasteiger partial charge in [0.2, 0.25) is 0 Å². The van der Waals surface area contributed by atoms with Gasteiger partial charge in [0.25, 0.3) is 6.01 Å². The number of aryl methyl sites for hydroxylation is 1. The summed E-state index contributed by atoms with van der Waals surface area (Å²) in [6, 6.07) is 18.9. The van der Waals surface area contributed by atoms with Crippen LogP contribution in [0.4, 0.5) is 6.01 Å². The van der Waals surface area contributed by atoms with E-state index < -0.39 is 0 Å². The van der Waals surface area contributed by atoms with Gasteiger partial charge in [-0.05, 0) is 48.4 Å². The zero-order valence-electron chi connectivity index (χ0n) is 15.9. The third-order valence-electron chi connectivity index (χ3n) is 4.44. The Bertz CT molecular complexity index is 1040. The molecule has 0 bridgehead atoms. The first-order valence-electron chi connectivity index (χ1n) is 9.10. The SMILES string of the molecule is COc1cccc(CN(Cc2cccc(-n3cccn3)c2)c2nc(C)co2)c1. The van der Waals surface area contributed by atoms with Gasteiger partial charge in [0.15, 0.2) is 0 Å². The number of hydrogen-bond acceptors (Lipinski definition) is 5. The smallest absolute Gasteiger partial charge is 0.298 e. The molecule has 6 nitrogen and oxygen atoms in total. The summed E-state index contributed by atoms with van der Waals surface area (Å²) in [7, 11) is 1.68. The summed E-state index contributed by atoms with van der Waals surface area (Å²) in [5.41, 5.74) is 4.15. The molecule has 142 valence electrons. The standard InChI is InChI=1S/C22H22N4O2/c1-17-16-28-22(24-17)25(15-19-7-4-9-21(13-19)27-2)14-18-6-3-8-20(12-18)26-11-5-10-23-26/h3-13,16H,14-15H2,1-2H3. The van der Waals surface area contributed by atoms with Crippen LogP contribution in [0.2, 0.25) is 0 Å². The second-order valence-electron chi connectivity index (χ2n) is 6.60. The van der Waals surface area contributed by atoms with Crippen molar-refractivity contribution in [2.45, 2.75) is 20.0 Å². The predicted molar refractivity (Wildman–Crippen MR) is 108 cm³/mol. The molecule has 0 spiro atoms. The number of benzene rings is 2. The number of anilines is 1. The van der Waals surface area contributed by atoms with E-state index in [0.717, 1.165) is 28.3 Å². The molecule has 0 amide bonds. The van der Waals surface area contributed by atoms with E-state index in [-0.39, 0.29) is 0 Å². The normalized spacial score (nSPS) is 10.8. The van der Waals surface area contributed by atoms with Crippen molar-refractivity contribution in [3.63, 3.8) is 0 Å². The van der Waals surface area contributed by atoms with Gasteiger partial charge < -0.3 is 14.1 Å². The molecule has 0 N–H and O–H groups in total. The number of nitrogens with zero attached hydrogens (tertiary/aromatic N) is 4. The van der Waals surface area contributed by atoms with Gasteiger partial charge in [-0.2, -0.15) is 10.1 Å². The summed E-state index contributed by atoms with van der Waals surface area (Å²) in [6.07, 6.45) is 5.38. The molecule has 0 saturated heterocycles. The summed E-state index contributed by atoms with van der Waals surface area (Å²) in [4.78, 5) is 6.64. The van der Waals surface area contributed by atoms with Gasteiger partial charge in [-0.3, -0.25) is 0 Å². The van der Waals surface area contributed by atoms with Crippen LogP contribution in [-0.2, 0) is 13.1 Å². The average Bonchev–Trinajstić information content (AvgIpc) is 3.40. The highest BCUT2D eigenvalue weighted by atomic mass is 16.5. The van der Waals surface area contributed by atoms with Gasteiger partial charge in [-0.15, -0.1) is 0 Å². The third-order valence-corrected chi connectivity index (χ3v) is 4.44. The zero-order chi connectivity index (χ0) is 19.3. The quantitative estimate of drug-likeness (QED) is 0.480. The van der Waals surface area contributed by atoms with Crippen molar-refractivity contribution in [3.05, 3.63) is 90.1 Å². The predicted octanol–water partition coefficient (Wildman–Crippen LogP) is 4.38. The topological polar surface area (TPSA) is 56.3 Å². The number of methoxy groups -OCH3 is 1. The fourth-order valence-electron chi connectivity index (χ4n) is 3.11. The summed E-state index contributed by atoms with van der Waals surface area (Å²) < 4.78 is 12.9. The molecule has 6 heteroatoms. The van der Waals surface area contributed by atoms with Crippen molar-refractivity contribution >= 4 is 6.01 Å². The van der Waals surface area contributed by atoms with Gasteiger partial charge in [0.1, 0.15) is 12.0 Å². The second-order valence-corrected chi connectivity index (χ2v) is 6.60. The van der Waals surface area contributed by atoms with Crippen LogP contribution in [0.1, 0.15) is 16.8 Å². The van der Waals surface area contributed by atoms with E-state index in [1.54, 1.807) is 19.6 Å². The summed E-state index contributed by atoms with van der Waals surface area (Å²) in [5, 5.41) is 4.31. The first kappa shape index (κ1) is 17.9. The largest absolute Gasteiger partial charge is 0.497 e. The van der Waals surface area contributed by atoms with E-state index in [9.17, 15) is 0 Å². The van der Waals surface area contributed by atoms with Crippen LogP contribution in [0.3, 0.4) is 0 Å². The lowest BCUT2D eigenvalue weighted by molar-refractivity contribution is 0.414. The van der Waals surface area contributed by atoms with Gasteiger partial charge >= 0.3 is 0 Å². The average molecular weight is 374 g/mol. The van der Waals surface area contributed by atoms with Crippen LogP contribution in [0, 0.1) is 6.92 Å². The minimum absolute atomic E-state index is 0.602. The van der Waals surface area contributed by atoms with E-state index in [0.29, 0.717) is 19.1 Å². The molecule has 0 atom stereocenters. The Kier molecular flexibility index (Phi) is 5.10. The first-order valence-corrected chi connectivity index (χ1v) is 9.10. The summed E-state index contributed by atoms with van der Waals surface area (Å²) >= 11 is 0. The Hall–Kier alpha value is -3.54. The Morgan fingerprint density at radius 1 is 1.04 bits per heavy atom. The van der Waals surface area contributed by atoms with Crippen molar-refractivity contribution in [1.82, 2.24) is 14.8 Å². The number of hydrogen-bond donors (Lipinski definition) is 0. The molecular formula is C22H22N4O2. The molecule has 0 aliphatic carbocycles. The van der Waals surface area contributed by atoms with Crippen LogP contribution in [-0.4, -0.2) is 21.9 Å². The molecule has 2 heterocycles. The van der Waals surface area contributed by atoms with Crippen molar-refractivity contribution in [1.29, 1.82) is 0 Å². The van der Waals surface area contributed by atoms with Crippen LogP contribution in [0.5, 0.6) is 5.75 Å². The van der Waals surface area contributed by atoms with Gasteiger partial charge in [-0.25, -0.2) is 4.68 Å². The van der Waals surface area contributed by atoms with Crippen LogP contribution in [0.15, 0.2) is 77.7 Å². The molecule has 0 unspecified atom stereocenters. The molecule has 0 saturated carbocycles. The van der Waals surface area contributed by atoms with Crippen molar-refractivity contribution in [2.75, 3.05) is 12.0 Å².